The zero-order valence-corrected chi connectivity index (χ0v) is 18.3. The minimum absolute atomic E-state index is 0.0834. The number of fused-ring (bicyclic) bond motifs is 1. The number of rotatable bonds is 4. The Kier molecular flexibility index (Phi) is 6.15. The van der Waals surface area contributed by atoms with Crippen molar-refractivity contribution in [2.24, 2.45) is 5.92 Å². The zero-order chi connectivity index (χ0) is 23.8. The molecule has 1 heterocycles. The maximum atomic E-state index is 13.5. The number of halogens is 3. The predicted octanol–water partition coefficient (Wildman–Crippen LogP) is 4.99. The molecule has 172 valence electrons. The molecule has 0 bridgehead atoms. The molecule has 1 aromatic heterocycles. The van der Waals surface area contributed by atoms with Crippen LogP contribution in [0.25, 0.3) is 10.9 Å². The summed E-state index contributed by atoms with van der Waals surface area (Å²) in [5.74, 6) is 0.210. The van der Waals surface area contributed by atoms with Gasteiger partial charge in [-0.1, -0.05) is 43.5 Å². The Morgan fingerprint density at radius 3 is 2.39 bits per heavy atom. The van der Waals surface area contributed by atoms with E-state index in [1.54, 1.807) is 31.2 Å². The zero-order valence-electron chi connectivity index (χ0n) is 18.3. The van der Waals surface area contributed by atoms with Crippen LogP contribution in [0.2, 0.25) is 0 Å². The second kappa shape index (κ2) is 8.89. The van der Waals surface area contributed by atoms with Crippen LogP contribution < -0.4 is 11.2 Å². The van der Waals surface area contributed by atoms with E-state index in [1.807, 2.05) is 0 Å². The summed E-state index contributed by atoms with van der Waals surface area (Å²) in [7, 11) is 0. The van der Waals surface area contributed by atoms with Crippen LogP contribution in [0.3, 0.4) is 0 Å². The van der Waals surface area contributed by atoms with Gasteiger partial charge < -0.3 is 0 Å². The van der Waals surface area contributed by atoms with Crippen LogP contribution in [0.1, 0.15) is 54.4 Å². The van der Waals surface area contributed by atoms with E-state index < -0.39 is 23.0 Å². The lowest BCUT2D eigenvalue weighted by Gasteiger charge is -2.23. The first-order valence-corrected chi connectivity index (χ1v) is 11.0. The molecule has 1 aliphatic carbocycles. The Balaban J connectivity index is 1.92. The molecule has 0 amide bonds. The highest BCUT2D eigenvalue weighted by Gasteiger charge is 2.34. The number of nitriles is 1. The van der Waals surface area contributed by atoms with Gasteiger partial charge in [-0.25, -0.2) is 4.79 Å². The molecule has 0 atom stereocenters. The van der Waals surface area contributed by atoms with Gasteiger partial charge in [0, 0.05) is 6.54 Å². The van der Waals surface area contributed by atoms with Crippen LogP contribution in [0.15, 0.2) is 46.0 Å². The SMILES string of the molecule is Cc1cccc2c1c(=O)n(CC1CCCCC1)c(=O)n2Cc1cccc(C(F)(F)F)c1C#N. The first-order valence-electron chi connectivity index (χ1n) is 11.0. The summed E-state index contributed by atoms with van der Waals surface area (Å²) in [4.78, 5) is 26.8. The summed E-state index contributed by atoms with van der Waals surface area (Å²) >= 11 is 0. The molecular formula is C25H24F3N3O2. The standard InChI is InChI=1S/C25H24F3N3O2/c1-16-7-5-12-21-22(16)23(32)31(14-17-8-3-2-4-9-17)24(33)30(21)15-18-10-6-11-20(19(18)13-29)25(26,27)28/h5-7,10-12,17H,2-4,8-9,14-15H2,1H3. The number of nitrogens with zero attached hydrogens (tertiary/aromatic N) is 3. The van der Waals surface area contributed by atoms with Crippen LogP contribution in [0.5, 0.6) is 0 Å². The van der Waals surface area contributed by atoms with E-state index in [9.17, 15) is 28.0 Å². The van der Waals surface area contributed by atoms with E-state index in [2.05, 4.69) is 0 Å². The molecule has 3 aromatic rings. The monoisotopic (exact) mass is 455 g/mol. The van der Waals surface area contributed by atoms with Crippen molar-refractivity contribution >= 4 is 10.9 Å². The van der Waals surface area contributed by atoms with Crippen LogP contribution >= 0.6 is 0 Å². The maximum absolute atomic E-state index is 13.5. The van der Waals surface area contributed by atoms with Crippen molar-refractivity contribution in [3.63, 3.8) is 0 Å². The molecule has 1 fully saturated rings. The van der Waals surface area contributed by atoms with Crippen molar-refractivity contribution in [3.05, 3.63) is 79.5 Å². The lowest BCUT2D eigenvalue weighted by Crippen LogP contribution is -2.42. The highest BCUT2D eigenvalue weighted by Crippen LogP contribution is 2.33. The number of aromatic nitrogens is 2. The van der Waals surface area contributed by atoms with E-state index in [-0.39, 0.29) is 30.1 Å². The van der Waals surface area contributed by atoms with Crippen molar-refractivity contribution in [1.29, 1.82) is 5.26 Å². The predicted molar refractivity (Wildman–Crippen MR) is 119 cm³/mol. The van der Waals surface area contributed by atoms with E-state index in [0.29, 0.717) is 16.5 Å². The highest BCUT2D eigenvalue weighted by atomic mass is 19.4. The number of aryl methyl sites for hydroxylation is 1. The molecule has 8 heteroatoms. The third kappa shape index (κ3) is 4.32. The van der Waals surface area contributed by atoms with Gasteiger partial charge in [0.25, 0.3) is 5.56 Å². The third-order valence-electron chi connectivity index (χ3n) is 6.52. The molecule has 5 nitrogen and oxygen atoms in total. The largest absolute Gasteiger partial charge is 0.417 e. The van der Waals surface area contributed by atoms with E-state index >= 15 is 0 Å². The Hall–Kier alpha value is -3.34. The second-order valence-corrected chi connectivity index (χ2v) is 8.71. The van der Waals surface area contributed by atoms with Gasteiger partial charge in [-0.2, -0.15) is 18.4 Å². The van der Waals surface area contributed by atoms with Gasteiger partial charge in [-0.3, -0.25) is 13.9 Å². The van der Waals surface area contributed by atoms with Gasteiger partial charge in [0.05, 0.1) is 28.6 Å². The van der Waals surface area contributed by atoms with Crippen LogP contribution in [0, 0.1) is 24.2 Å². The van der Waals surface area contributed by atoms with Crippen molar-refractivity contribution in [1.82, 2.24) is 9.13 Å². The van der Waals surface area contributed by atoms with Gasteiger partial charge in [0.15, 0.2) is 0 Å². The fourth-order valence-corrected chi connectivity index (χ4v) is 4.84. The summed E-state index contributed by atoms with van der Waals surface area (Å²) in [6.45, 7) is 1.82. The van der Waals surface area contributed by atoms with E-state index in [4.69, 9.17) is 0 Å². The molecule has 0 unspecified atom stereocenters. The molecule has 0 N–H and O–H groups in total. The van der Waals surface area contributed by atoms with Crippen LogP contribution in [0.4, 0.5) is 13.2 Å². The summed E-state index contributed by atoms with van der Waals surface area (Å²) < 4.78 is 42.9. The Morgan fingerprint density at radius 1 is 1.03 bits per heavy atom. The minimum atomic E-state index is -4.69. The van der Waals surface area contributed by atoms with Gasteiger partial charge in [-0.15, -0.1) is 0 Å². The molecule has 0 radical (unpaired) electrons. The number of hydrogen-bond donors (Lipinski definition) is 0. The fourth-order valence-electron chi connectivity index (χ4n) is 4.84. The summed E-state index contributed by atoms with van der Waals surface area (Å²) in [6.07, 6.45) is 0.420. The Labute approximate surface area is 188 Å². The van der Waals surface area contributed by atoms with Crippen molar-refractivity contribution in [2.45, 2.75) is 58.3 Å². The second-order valence-electron chi connectivity index (χ2n) is 8.71. The highest BCUT2D eigenvalue weighted by molar-refractivity contribution is 5.81. The van der Waals surface area contributed by atoms with Crippen LogP contribution in [-0.4, -0.2) is 9.13 Å². The molecule has 1 aliphatic rings. The first kappa shape index (κ1) is 22.8. The van der Waals surface area contributed by atoms with E-state index in [1.165, 1.54) is 21.3 Å². The molecule has 1 saturated carbocycles. The quantitative estimate of drug-likeness (QED) is 0.557. The minimum Gasteiger partial charge on any atom is -0.289 e. The average molecular weight is 455 g/mol. The molecule has 0 saturated heterocycles. The average Bonchev–Trinajstić information content (AvgIpc) is 2.79. The maximum Gasteiger partial charge on any atom is 0.417 e. The van der Waals surface area contributed by atoms with Gasteiger partial charge in [0.2, 0.25) is 0 Å². The van der Waals surface area contributed by atoms with Gasteiger partial charge in [-0.05, 0) is 48.9 Å². The topological polar surface area (TPSA) is 67.8 Å². The summed E-state index contributed by atoms with van der Waals surface area (Å²) in [6, 6.07) is 10.3. The van der Waals surface area contributed by atoms with Crippen LogP contribution in [-0.2, 0) is 19.3 Å². The Bertz CT molecular complexity index is 1360. The van der Waals surface area contributed by atoms with E-state index in [0.717, 1.165) is 38.2 Å². The molecule has 33 heavy (non-hydrogen) atoms. The smallest absolute Gasteiger partial charge is 0.289 e. The van der Waals surface area contributed by atoms with Crippen molar-refractivity contribution in [2.75, 3.05) is 0 Å². The molecular weight excluding hydrogens is 431 g/mol. The lowest BCUT2D eigenvalue weighted by atomic mass is 9.89. The molecule has 2 aromatic carbocycles. The first-order chi connectivity index (χ1) is 15.7. The molecule has 4 rings (SSSR count). The number of hydrogen-bond acceptors (Lipinski definition) is 3. The Morgan fingerprint density at radius 2 is 1.73 bits per heavy atom. The van der Waals surface area contributed by atoms with Crippen molar-refractivity contribution < 1.29 is 13.2 Å². The number of alkyl halides is 3. The number of benzene rings is 2. The summed E-state index contributed by atoms with van der Waals surface area (Å²) in [5, 5.41) is 9.86. The summed E-state index contributed by atoms with van der Waals surface area (Å²) in [5.41, 5.74) is -1.36. The fraction of sp³-hybridized carbons (Fsp3) is 0.400. The normalized spacial score (nSPS) is 15.0. The molecule has 0 spiro atoms. The van der Waals surface area contributed by atoms with Crippen molar-refractivity contribution in [3.8, 4) is 6.07 Å². The third-order valence-corrected chi connectivity index (χ3v) is 6.52. The van der Waals surface area contributed by atoms with Gasteiger partial charge >= 0.3 is 11.9 Å². The lowest BCUT2D eigenvalue weighted by molar-refractivity contribution is -0.137. The van der Waals surface area contributed by atoms with Gasteiger partial charge in [0.1, 0.15) is 6.07 Å². The molecule has 0 aliphatic heterocycles.